The monoisotopic (exact) mass is 1130 g/mol. The summed E-state index contributed by atoms with van der Waals surface area (Å²) in [7, 11) is 0. The van der Waals surface area contributed by atoms with Crippen LogP contribution < -0.4 is 0 Å². The van der Waals surface area contributed by atoms with Crippen molar-refractivity contribution >= 4 is 104 Å². The zero-order chi connectivity index (χ0) is 58.5. The molecule has 4 heterocycles. The molecule has 86 heavy (non-hydrogen) atoms. The molecule has 2 aliphatic carbocycles. The van der Waals surface area contributed by atoms with Gasteiger partial charge in [0, 0.05) is 58.7 Å². The number of benzene rings is 12. The van der Waals surface area contributed by atoms with E-state index in [9.17, 15) is 10.1 Å². The smallest absolute Gasteiger partial charge is 0.262 e. The van der Waals surface area contributed by atoms with Crippen molar-refractivity contribution in [3.8, 4) is 22.3 Å². The van der Waals surface area contributed by atoms with Gasteiger partial charge in [0.1, 0.15) is 0 Å². The predicted molar refractivity (Wildman–Crippen MR) is 363 cm³/mol. The van der Waals surface area contributed by atoms with Gasteiger partial charge in [-0.15, -0.1) is 11.3 Å². The molecular formula is C78H57N5O2S. The highest BCUT2D eigenvalue weighted by Gasteiger charge is 2.19. The number of hydrogen-bond acceptors (Lipinski definition) is 7. The Hall–Kier alpha value is -11.3. The summed E-state index contributed by atoms with van der Waals surface area (Å²) in [6, 6.07) is 98.4. The first-order valence-corrected chi connectivity index (χ1v) is 29.0. The van der Waals surface area contributed by atoms with Gasteiger partial charge < -0.3 is 0 Å². The number of thiophene rings is 1. The van der Waals surface area contributed by atoms with E-state index in [0.717, 1.165) is 27.2 Å². The summed E-state index contributed by atoms with van der Waals surface area (Å²) in [4.78, 5) is 26.4. The predicted octanol–water partition coefficient (Wildman–Crippen LogP) is 21.2. The molecule has 412 valence electrons. The molecule has 0 bridgehead atoms. The molecule has 16 aromatic rings. The summed E-state index contributed by atoms with van der Waals surface area (Å²) in [5.41, 5.74) is 10.3. The molecule has 2 aliphatic rings. The highest BCUT2D eigenvalue weighted by Crippen LogP contribution is 2.46. The van der Waals surface area contributed by atoms with Crippen molar-refractivity contribution in [1.82, 2.24) is 19.9 Å². The number of non-ortho nitro benzene ring substituents is 1. The molecule has 0 radical (unpaired) electrons. The van der Waals surface area contributed by atoms with Crippen LogP contribution in [0.3, 0.4) is 0 Å². The lowest BCUT2D eigenvalue weighted by atomic mass is 10.0. The van der Waals surface area contributed by atoms with Crippen molar-refractivity contribution in [2.75, 3.05) is 0 Å². The Labute approximate surface area is 503 Å². The first kappa shape index (κ1) is 56.5. The Kier molecular flexibility index (Phi) is 18.8. The Morgan fingerprint density at radius 2 is 0.698 bits per heavy atom. The van der Waals surface area contributed by atoms with Gasteiger partial charge in [-0.05, 0) is 112 Å². The van der Waals surface area contributed by atoms with E-state index in [1.54, 1.807) is 66.7 Å². The van der Waals surface area contributed by atoms with Gasteiger partial charge >= 0.3 is 0 Å². The molecule has 8 heteroatoms. The number of hydrogen-bond donors (Lipinski definition) is 0. The number of fused-ring (bicyclic) bond motifs is 9. The molecule has 0 fully saturated rings. The molecule has 0 atom stereocenters. The van der Waals surface area contributed by atoms with Crippen molar-refractivity contribution in [2.24, 2.45) is 0 Å². The third kappa shape index (κ3) is 13.9. The van der Waals surface area contributed by atoms with Crippen LogP contribution in [-0.2, 0) is 0 Å². The second-order valence-corrected chi connectivity index (χ2v) is 20.7. The number of rotatable bonds is 1. The standard InChI is InChI=1S/C16H10.C12H8N2.C12H8.C10H7NO2.C10H8.C8H6S.C6H6.C4H4N2/c1-2-8-13-12(7-1)14-9-3-5-11-6-4-10-15(13)16(11)14;1-3-9-5-6-10-4-2-8-14-12(10)11(9)13-7-1;1-3-9-4-2-6-11-8-7-10(5-1)12(9)11;12-11(13)10-7-3-5-8-4-1-2-6-9(8)10;1-2-6-10-8-4-3-7-9(10)5-1;1-2-4-8-7(3-1)5-6-9-8;1-2-4-6-5-3-1;1-2-6-4-3-5-1/h1-10H;1-8H;1-8H;1-7H;1-8H;1-6H;1-6H;1-4H. The van der Waals surface area contributed by atoms with Crippen molar-refractivity contribution in [2.45, 2.75) is 0 Å². The SMILES string of the molecule is C1=Cc2cccc3cccc1c23.O=[N+]([O-])c1cccc2ccccc12.c1ccc2c(c1)-c1cccc3cccc-2c13.c1ccc2ccccc2c1.c1ccc2sccc2c1.c1ccccc1.c1cnc2c(c1)ccc1cccnc12.c1cnccn1. The number of nitrogens with zero attached hydrogens (tertiary/aromatic N) is 5. The minimum Gasteiger partial charge on any atom is -0.262 e. The lowest BCUT2D eigenvalue weighted by molar-refractivity contribution is -0.383. The summed E-state index contributed by atoms with van der Waals surface area (Å²) in [6.07, 6.45) is 14.5. The summed E-state index contributed by atoms with van der Waals surface area (Å²) in [6.45, 7) is 0. The zero-order valence-corrected chi connectivity index (χ0v) is 47.7. The second-order valence-electron chi connectivity index (χ2n) is 19.7. The van der Waals surface area contributed by atoms with Crippen LogP contribution in [-0.4, -0.2) is 24.9 Å². The summed E-state index contributed by atoms with van der Waals surface area (Å²) >= 11 is 1.79. The molecule has 4 aromatic heterocycles. The minimum absolute atomic E-state index is 0.165. The van der Waals surface area contributed by atoms with E-state index in [2.05, 4.69) is 238 Å². The molecular weight excluding hydrogens is 1070 g/mol. The second kappa shape index (κ2) is 28.6. The van der Waals surface area contributed by atoms with Crippen LogP contribution in [0, 0.1) is 10.1 Å². The van der Waals surface area contributed by atoms with Crippen LogP contribution in [0.15, 0.2) is 334 Å². The molecule has 0 N–H and O–H groups in total. The lowest BCUT2D eigenvalue weighted by Crippen LogP contribution is -1.88. The van der Waals surface area contributed by atoms with E-state index in [1.807, 2.05) is 66.7 Å². The number of pyridine rings is 2. The van der Waals surface area contributed by atoms with Gasteiger partial charge in [-0.1, -0.05) is 267 Å². The average Bonchev–Trinajstić information content (AvgIpc) is 2.07. The Morgan fingerprint density at radius 1 is 0.302 bits per heavy atom. The van der Waals surface area contributed by atoms with E-state index in [1.165, 1.54) is 81.9 Å². The van der Waals surface area contributed by atoms with E-state index in [4.69, 9.17) is 0 Å². The molecule has 0 spiro atoms. The fourth-order valence-corrected chi connectivity index (χ4v) is 11.1. The maximum atomic E-state index is 10.6. The first-order chi connectivity index (χ1) is 42.6. The highest BCUT2D eigenvalue weighted by molar-refractivity contribution is 7.17. The molecule has 18 rings (SSSR count). The van der Waals surface area contributed by atoms with Gasteiger partial charge in [-0.3, -0.25) is 30.1 Å². The highest BCUT2D eigenvalue weighted by atomic mass is 32.1. The maximum absolute atomic E-state index is 10.6. The largest absolute Gasteiger partial charge is 0.277 e. The van der Waals surface area contributed by atoms with Gasteiger partial charge in [0.25, 0.3) is 5.69 Å². The third-order valence-electron chi connectivity index (χ3n) is 14.3. The minimum atomic E-state index is -0.359. The van der Waals surface area contributed by atoms with E-state index in [0.29, 0.717) is 5.39 Å². The molecule has 12 aromatic carbocycles. The fourth-order valence-electron chi connectivity index (χ4n) is 10.3. The van der Waals surface area contributed by atoms with E-state index < -0.39 is 0 Å². The van der Waals surface area contributed by atoms with Crippen molar-refractivity contribution in [1.29, 1.82) is 0 Å². The van der Waals surface area contributed by atoms with Gasteiger partial charge in [0.15, 0.2) is 0 Å². The number of aromatic nitrogens is 4. The third-order valence-corrected chi connectivity index (χ3v) is 15.2. The number of nitro benzene ring substituents is 1. The molecule has 7 nitrogen and oxygen atoms in total. The van der Waals surface area contributed by atoms with Crippen LogP contribution in [0.2, 0.25) is 0 Å². The number of nitro groups is 1. The first-order valence-electron chi connectivity index (χ1n) is 28.2. The van der Waals surface area contributed by atoms with Gasteiger partial charge in [-0.25, -0.2) is 0 Å². The Bertz CT molecular complexity index is 4560. The average molecular weight is 1130 g/mol. The van der Waals surface area contributed by atoms with Crippen LogP contribution in [0.5, 0.6) is 0 Å². The maximum Gasteiger partial charge on any atom is 0.277 e. The van der Waals surface area contributed by atoms with Crippen molar-refractivity contribution in [3.63, 3.8) is 0 Å². The summed E-state index contributed by atoms with van der Waals surface area (Å²) in [5, 5.41) is 26.1. The Morgan fingerprint density at radius 3 is 1.20 bits per heavy atom. The fraction of sp³-hybridized carbons (Fsp3) is 0. The van der Waals surface area contributed by atoms with Crippen LogP contribution in [0.4, 0.5) is 5.69 Å². The van der Waals surface area contributed by atoms with Crippen LogP contribution in [0.25, 0.3) is 109 Å². The quantitative estimate of drug-likeness (QED) is 0.0923. The van der Waals surface area contributed by atoms with Crippen LogP contribution in [0.1, 0.15) is 11.1 Å². The Balaban J connectivity index is 0.000000104. The van der Waals surface area contributed by atoms with E-state index >= 15 is 0 Å². The summed E-state index contributed by atoms with van der Waals surface area (Å²) in [5.74, 6) is 0. The van der Waals surface area contributed by atoms with Gasteiger partial charge in [0.2, 0.25) is 0 Å². The van der Waals surface area contributed by atoms with E-state index in [-0.39, 0.29) is 10.6 Å². The zero-order valence-electron chi connectivity index (χ0n) is 46.9. The van der Waals surface area contributed by atoms with Gasteiger partial charge in [0.05, 0.1) is 21.3 Å². The normalized spacial score (nSPS) is 10.6. The summed E-state index contributed by atoms with van der Waals surface area (Å²) < 4.78 is 1.37. The molecule has 0 saturated carbocycles. The lowest BCUT2D eigenvalue weighted by Gasteiger charge is -2.00. The van der Waals surface area contributed by atoms with Crippen molar-refractivity contribution in [3.05, 3.63) is 355 Å². The topological polar surface area (TPSA) is 94.7 Å². The molecule has 0 amide bonds. The van der Waals surface area contributed by atoms with Gasteiger partial charge in [-0.2, -0.15) is 0 Å². The molecule has 0 saturated heterocycles. The van der Waals surface area contributed by atoms with Crippen molar-refractivity contribution < 1.29 is 4.92 Å². The molecule has 0 unspecified atom stereocenters. The van der Waals surface area contributed by atoms with Crippen LogP contribution >= 0.6 is 11.3 Å². The molecule has 0 aliphatic heterocycles.